The second kappa shape index (κ2) is 13.8. The minimum atomic E-state index is -3.75. The fourth-order valence-corrected chi connectivity index (χ4v) is 2.91. The van der Waals surface area contributed by atoms with E-state index in [1.807, 2.05) is 0 Å². The Bertz CT molecular complexity index is 288. The molecular weight excluding hydrogens is 276 g/mol. The van der Waals surface area contributed by atoms with Crippen molar-refractivity contribution in [2.75, 3.05) is 12.4 Å². The van der Waals surface area contributed by atoms with Gasteiger partial charge in [0, 0.05) is 6.61 Å². The molecule has 0 aromatic rings. The van der Waals surface area contributed by atoms with E-state index in [9.17, 15) is 8.42 Å². The first-order valence-corrected chi connectivity index (χ1v) is 9.73. The Morgan fingerprint density at radius 1 is 0.550 bits per heavy atom. The normalized spacial score (nSPS) is 11.9. The number of aliphatic hydroxyl groups is 1. The molecule has 0 saturated heterocycles. The van der Waals surface area contributed by atoms with Crippen LogP contribution in [0.15, 0.2) is 0 Å². The molecule has 0 bridgehead atoms. The first-order valence-electron chi connectivity index (χ1n) is 8.12. The second-order valence-electron chi connectivity index (χ2n) is 5.61. The highest BCUT2D eigenvalue weighted by molar-refractivity contribution is 7.85. The van der Waals surface area contributed by atoms with Gasteiger partial charge in [0.05, 0.1) is 5.75 Å². The maximum Gasteiger partial charge on any atom is 0.264 e. The molecule has 0 rings (SSSR count). The molecule has 0 fully saturated rings. The van der Waals surface area contributed by atoms with E-state index in [4.69, 9.17) is 9.66 Å². The topological polar surface area (TPSA) is 74.6 Å². The molecule has 0 aliphatic carbocycles. The van der Waals surface area contributed by atoms with Crippen molar-refractivity contribution in [1.29, 1.82) is 0 Å². The van der Waals surface area contributed by atoms with Crippen molar-refractivity contribution in [1.82, 2.24) is 0 Å². The second-order valence-corrected chi connectivity index (χ2v) is 7.18. The smallest absolute Gasteiger partial charge is 0.264 e. The average molecular weight is 308 g/mol. The largest absolute Gasteiger partial charge is 0.396 e. The van der Waals surface area contributed by atoms with Gasteiger partial charge in [-0.1, -0.05) is 70.6 Å². The summed E-state index contributed by atoms with van der Waals surface area (Å²) in [6.07, 6.45) is 14.7. The summed E-state index contributed by atoms with van der Waals surface area (Å²) in [4.78, 5) is 0. The molecule has 122 valence electrons. The van der Waals surface area contributed by atoms with E-state index in [2.05, 4.69) is 0 Å². The number of rotatable bonds is 15. The Morgan fingerprint density at radius 2 is 0.850 bits per heavy atom. The standard InChI is InChI=1S/C15H32O4S/c16-14-12-10-8-6-4-2-1-3-5-7-9-11-13-15-20(17,18)19/h16H,1-15H2,(H,17,18,19). The van der Waals surface area contributed by atoms with Crippen LogP contribution in [0.5, 0.6) is 0 Å². The van der Waals surface area contributed by atoms with Crippen molar-refractivity contribution in [2.45, 2.75) is 83.5 Å². The third-order valence-electron chi connectivity index (χ3n) is 3.56. The lowest BCUT2D eigenvalue weighted by Gasteiger charge is -2.02. The van der Waals surface area contributed by atoms with E-state index < -0.39 is 10.1 Å². The lowest BCUT2D eigenvalue weighted by Crippen LogP contribution is -2.03. The minimum absolute atomic E-state index is 0.0940. The predicted octanol–water partition coefficient (Wildman–Crippen LogP) is 3.94. The number of hydrogen-bond acceptors (Lipinski definition) is 3. The molecule has 0 spiro atoms. The monoisotopic (exact) mass is 308 g/mol. The number of aliphatic hydroxyl groups excluding tert-OH is 1. The molecule has 2 N–H and O–H groups in total. The van der Waals surface area contributed by atoms with E-state index >= 15 is 0 Å². The molecule has 0 aromatic heterocycles. The van der Waals surface area contributed by atoms with Gasteiger partial charge in [0.15, 0.2) is 0 Å². The molecular formula is C15H32O4S. The van der Waals surface area contributed by atoms with E-state index in [1.54, 1.807) is 0 Å². The zero-order valence-electron chi connectivity index (χ0n) is 12.7. The zero-order chi connectivity index (χ0) is 15.1. The van der Waals surface area contributed by atoms with Crippen molar-refractivity contribution >= 4 is 10.1 Å². The minimum Gasteiger partial charge on any atom is -0.396 e. The van der Waals surface area contributed by atoms with Crippen LogP contribution in [0.3, 0.4) is 0 Å². The Hall–Kier alpha value is -0.130. The molecule has 0 radical (unpaired) electrons. The average Bonchev–Trinajstić information content (AvgIpc) is 2.38. The van der Waals surface area contributed by atoms with Crippen LogP contribution in [0.25, 0.3) is 0 Å². The first-order chi connectivity index (χ1) is 9.56. The fourth-order valence-electron chi connectivity index (χ4n) is 2.34. The number of unbranched alkanes of at least 4 members (excludes halogenated alkanes) is 12. The molecule has 20 heavy (non-hydrogen) atoms. The van der Waals surface area contributed by atoms with Gasteiger partial charge in [-0.2, -0.15) is 8.42 Å². The van der Waals surface area contributed by atoms with E-state index in [0.717, 1.165) is 25.7 Å². The lowest BCUT2D eigenvalue weighted by molar-refractivity contribution is 0.282. The Labute approximate surface area is 124 Å². The van der Waals surface area contributed by atoms with E-state index in [0.29, 0.717) is 13.0 Å². The molecule has 0 unspecified atom stereocenters. The fraction of sp³-hybridized carbons (Fsp3) is 1.00. The van der Waals surface area contributed by atoms with Gasteiger partial charge in [0.2, 0.25) is 0 Å². The molecule has 4 nitrogen and oxygen atoms in total. The summed E-state index contributed by atoms with van der Waals surface area (Å²) >= 11 is 0. The summed E-state index contributed by atoms with van der Waals surface area (Å²) in [5.41, 5.74) is 0. The van der Waals surface area contributed by atoms with Crippen LogP contribution in [0, 0.1) is 0 Å². The number of hydrogen-bond donors (Lipinski definition) is 2. The van der Waals surface area contributed by atoms with Gasteiger partial charge in [-0.05, 0) is 12.8 Å². The van der Waals surface area contributed by atoms with Gasteiger partial charge in [-0.25, -0.2) is 0 Å². The summed E-state index contributed by atoms with van der Waals surface area (Å²) in [6.45, 7) is 0.324. The maximum atomic E-state index is 10.5. The van der Waals surface area contributed by atoms with Crippen LogP contribution in [0.2, 0.25) is 0 Å². The first kappa shape index (κ1) is 19.9. The summed E-state index contributed by atoms with van der Waals surface area (Å²) in [5.74, 6) is -0.0940. The highest BCUT2D eigenvalue weighted by Crippen LogP contribution is 2.12. The van der Waals surface area contributed by atoms with Gasteiger partial charge < -0.3 is 5.11 Å². The highest BCUT2D eigenvalue weighted by Gasteiger charge is 2.02. The quantitative estimate of drug-likeness (QED) is 0.355. The van der Waals surface area contributed by atoms with Crippen molar-refractivity contribution in [3.8, 4) is 0 Å². The van der Waals surface area contributed by atoms with Crippen molar-refractivity contribution in [3.05, 3.63) is 0 Å². The molecule has 0 aliphatic heterocycles. The summed E-state index contributed by atoms with van der Waals surface area (Å²) in [7, 11) is -3.75. The van der Waals surface area contributed by atoms with Gasteiger partial charge >= 0.3 is 0 Å². The van der Waals surface area contributed by atoms with Crippen LogP contribution in [-0.2, 0) is 10.1 Å². The molecule has 0 amide bonds. The molecule has 0 saturated carbocycles. The van der Waals surface area contributed by atoms with Crippen LogP contribution >= 0.6 is 0 Å². The SMILES string of the molecule is O=S(=O)(O)CCCCCCCCCCCCCCCO. The third kappa shape index (κ3) is 17.9. The van der Waals surface area contributed by atoms with Gasteiger partial charge in [0.25, 0.3) is 10.1 Å². The summed E-state index contributed by atoms with van der Waals surface area (Å²) in [5, 5.41) is 8.64. The van der Waals surface area contributed by atoms with Crippen LogP contribution in [0.4, 0.5) is 0 Å². The molecule has 5 heteroatoms. The third-order valence-corrected chi connectivity index (χ3v) is 4.36. The van der Waals surface area contributed by atoms with E-state index in [-0.39, 0.29) is 5.75 Å². The van der Waals surface area contributed by atoms with Gasteiger partial charge in [0.1, 0.15) is 0 Å². The lowest BCUT2D eigenvalue weighted by atomic mass is 10.0. The Kier molecular flexibility index (Phi) is 13.7. The Morgan fingerprint density at radius 3 is 1.15 bits per heavy atom. The molecule has 0 aromatic carbocycles. The Balaban J connectivity index is 3.03. The predicted molar refractivity (Wildman–Crippen MR) is 83.5 cm³/mol. The van der Waals surface area contributed by atoms with Crippen molar-refractivity contribution in [3.63, 3.8) is 0 Å². The van der Waals surface area contributed by atoms with E-state index in [1.165, 1.54) is 51.4 Å². The highest BCUT2D eigenvalue weighted by atomic mass is 32.2. The summed E-state index contributed by atoms with van der Waals surface area (Å²) in [6, 6.07) is 0. The zero-order valence-corrected chi connectivity index (χ0v) is 13.5. The van der Waals surface area contributed by atoms with Crippen LogP contribution in [0.1, 0.15) is 83.5 Å². The van der Waals surface area contributed by atoms with Gasteiger partial charge in [-0.15, -0.1) is 0 Å². The molecule has 0 heterocycles. The molecule has 0 atom stereocenters. The van der Waals surface area contributed by atoms with Crippen LogP contribution in [-0.4, -0.2) is 30.4 Å². The molecule has 0 aliphatic rings. The van der Waals surface area contributed by atoms with Crippen LogP contribution < -0.4 is 0 Å². The maximum absolute atomic E-state index is 10.5. The summed E-state index contributed by atoms with van der Waals surface area (Å²) < 4.78 is 29.6. The van der Waals surface area contributed by atoms with Crippen molar-refractivity contribution in [2.24, 2.45) is 0 Å². The van der Waals surface area contributed by atoms with Gasteiger partial charge in [-0.3, -0.25) is 4.55 Å². The van der Waals surface area contributed by atoms with Crippen molar-refractivity contribution < 1.29 is 18.1 Å².